The van der Waals surface area contributed by atoms with Crippen LogP contribution >= 0.6 is 23.2 Å². The van der Waals surface area contributed by atoms with Gasteiger partial charge in [-0.25, -0.2) is 4.98 Å². The van der Waals surface area contributed by atoms with Gasteiger partial charge >= 0.3 is 0 Å². The van der Waals surface area contributed by atoms with Crippen molar-refractivity contribution in [3.63, 3.8) is 0 Å². The van der Waals surface area contributed by atoms with Crippen molar-refractivity contribution in [2.24, 2.45) is 0 Å². The molecule has 0 aliphatic rings. The first kappa shape index (κ1) is 12.0. The molecule has 0 saturated heterocycles. The number of benzene rings is 1. The van der Waals surface area contributed by atoms with Crippen LogP contribution in [0, 0.1) is 0 Å². The fourth-order valence-electron chi connectivity index (χ4n) is 1.36. The largest absolute Gasteiger partial charge is 0.347 e. The molecule has 0 unspecified atom stereocenters. The molecule has 0 radical (unpaired) electrons. The van der Waals surface area contributed by atoms with Crippen LogP contribution in [0.15, 0.2) is 30.7 Å². The van der Waals surface area contributed by atoms with Gasteiger partial charge in [0.15, 0.2) is 0 Å². The summed E-state index contributed by atoms with van der Waals surface area (Å²) < 4.78 is 0. The molecule has 1 aromatic heterocycles. The molecule has 2 N–H and O–H groups in total. The second-order valence-electron chi connectivity index (χ2n) is 3.36. The molecule has 0 atom stereocenters. The molecule has 4 nitrogen and oxygen atoms in total. The zero-order valence-electron chi connectivity index (χ0n) is 8.71. The molecule has 2 rings (SSSR count). The summed E-state index contributed by atoms with van der Waals surface area (Å²) in [5.41, 5.74) is 1.09. The number of imidazole rings is 1. The predicted molar refractivity (Wildman–Crippen MR) is 66.2 cm³/mol. The van der Waals surface area contributed by atoms with Crippen molar-refractivity contribution < 1.29 is 4.79 Å². The van der Waals surface area contributed by atoms with E-state index < -0.39 is 0 Å². The Morgan fingerprint density at radius 1 is 1.35 bits per heavy atom. The van der Waals surface area contributed by atoms with Crippen molar-refractivity contribution >= 4 is 29.1 Å². The van der Waals surface area contributed by atoms with Gasteiger partial charge in [-0.15, -0.1) is 0 Å². The van der Waals surface area contributed by atoms with Crippen molar-refractivity contribution in [3.05, 3.63) is 52.0 Å². The molecule has 17 heavy (non-hydrogen) atoms. The minimum atomic E-state index is -0.310. The molecule has 0 aliphatic carbocycles. The molecule has 0 fully saturated rings. The van der Waals surface area contributed by atoms with E-state index in [4.69, 9.17) is 23.2 Å². The lowest BCUT2D eigenvalue weighted by molar-refractivity contribution is 0.0951. The summed E-state index contributed by atoms with van der Waals surface area (Å²) in [5.74, 6) is -0.310. The third-order valence-corrected chi connectivity index (χ3v) is 2.81. The highest BCUT2D eigenvalue weighted by Crippen LogP contribution is 2.23. The SMILES string of the molecule is O=C(NCc1cnc[nH]1)c1c(Cl)cccc1Cl. The Labute approximate surface area is 108 Å². The lowest BCUT2D eigenvalue weighted by atomic mass is 10.2. The highest BCUT2D eigenvalue weighted by molar-refractivity contribution is 6.39. The minimum absolute atomic E-state index is 0.287. The highest BCUT2D eigenvalue weighted by atomic mass is 35.5. The van der Waals surface area contributed by atoms with Crippen LogP contribution < -0.4 is 5.32 Å². The number of nitrogens with one attached hydrogen (secondary N) is 2. The third-order valence-electron chi connectivity index (χ3n) is 2.18. The van der Waals surface area contributed by atoms with Crippen LogP contribution in [-0.2, 0) is 6.54 Å². The zero-order valence-corrected chi connectivity index (χ0v) is 10.2. The van der Waals surface area contributed by atoms with Gasteiger partial charge in [0.1, 0.15) is 0 Å². The molecule has 6 heteroatoms. The summed E-state index contributed by atoms with van der Waals surface area (Å²) in [6.07, 6.45) is 3.18. The first-order chi connectivity index (χ1) is 8.18. The van der Waals surface area contributed by atoms with Gasteiger partial charge in [0, 0.05) is 6.20 Å². The lowest BCUT2D eigenvalue weighted by Gasteiger charge is -2.07. The maximum Gasteiger partial charge on any atom is 0.254 e. The Hall–Kier alpha value is -1.52. The fourth-order valence-corrected chi connectivity index (χ4v) is 1.93. The van der Waals surface area contributed by atoms with E-state index in [0.717, 1.165) is 5.69 Å². The van der Waals surface area contributed by atoms with Crippen molar-refractivity contribution in [1.29, 1.82) is 0 Å². The van der Waals surface area contributed by atoms with E-state index in [0.29, 0.717) is 16.6 Å². The van der Waals surface area contributed by atoms with E-state index in [2.05, 4.69) is 15.3 Å². The van der Waals surface area contributed by atoms with Crippen molar-refractivity contribution in [1.82, 2.24) is 15.3 Å². The molecule has 0 saturated carbocycles. The predicted octanol–water partition coefficient (Wildman–Crippen LogP) is 2.65. The van der Waals surface area contributed by atoms with Crippen molar-refractivity contribution in [3.8, 4) is 0 Å². The second-order valence-corrected chi connectivity index (χ2v) is 4.17. The summed E-state index contributed by atoms with van der Waals surface area (Å²) in [5, 5.41) is 3.37. The first-order valence-corrected chi connectivity index (χ1v) is 5.63. The number of amides is 1. The first-order valence-electron chi connectivity index (χ1n) is 4.88. The second kappa shape index (κ2) is 5.21. The van der Waals surface area contributed by atoms with Gasteiger partial charge in [-0.05, 0) is 12.1 Å². The van der Waals surface area contributed by atoms with Crippen LogP contribution in [0.5, 0.6) is 0 Å². The standard InChI is InChI=1S/C11H9Cl2N3O/c12-8-2-1-3-9(13)10(8)11(17)15-5-7-4-14-6-16-7/h1-4,6H,5H2,(H,14,16)(H,15,17). The van der Waals surface area contributed by atoms with Crippen LogP contribution in [0.1, 0.15) is 16.1 Å². The Balaban J connectivity index is 2.10. The third kappa shape index (κ3) is 2.78. The molecule has 1 aromatic carbocycles. The quantitative estimate of drug-likeness (QED) is 0.900. The molecular formula is C11H9Cl2N3O. The molecule has 88 valence electrons. The van der Waals surface area contributed by atoms with Crippen molar-refractivity contribution in [2.75, 3.05) is 0 Å². The van der Waals surface area contributed by atoms with Crippen molar-refractivity contribution in [2.45, 2.75) is 6.54 Å². The average molecular weight is 270 g/mol. The summed E-state index contributed by atoms with van der Waals surface area (Å²) in [4.78, 5) is 18.6. The smallest absolute Gasteiger partial charge is 0.254 e. The maximum absolute atomic E-state index is 11.9. The normalized spacial score (nSPS) is 10.2. The topological polar surface area (TPSA) is 57.8 Å². The minimum Gasteiger partial charge on any atom is -0.347 e. The fraction of sp³-hybridized carbons (Fsp3) is 0.0909. The Bertz CT molecular complexity index is 505. The molecule has 0 aliphatic heterocycles. The van der Waals surface area contributed by atoms with Crippen LogP contribution in [0.3, 0.4) is 0 Å². The highest BCUT2D eigenvalue weighted by Gasteiger charge is 2.13. The molecule has 2 aromatic rings. The van der Waals surface area contributed by atoms with Gasteiger partial charge in [0.2, 0.25) is 0 Å². The number of halogens is 2. The number of hydrogen-bond donors (Lipinski definition) is 2. The van der Waals surface area contributed by atoms with Crippen LogP contribution in [0.4, 0.5) is 0 Å². The molecule has 1 heterocycles. The van der Waals surface area contributed by atoms with Gasteiger partial charge in [0.05, 0.1) is 34.2 Å². The van der Waals surface area contributed by atoms with E-state index in [-0.39, 0.29) is 11.5 Å². The summed E-state index contributed by atoms with van der Waals surface area (Å²) >= 11 is 11.8. The number of aromatic amines is 1. The number of rotatable bonds is 3. The van der Waals surface area contributed by atoms with Gasteiger partial charge in [-0.3, -0.25) is 4.79 Å². The lowest BCUT2D eigenvalue weighted by Crippen LogP contribution is -2.23. The van der Waals surface area contributed by atoms with Gasteiger partial charge < -0.3 is 10.3 Å². The monoisotopic (exact) mass is 269 g/mol. The van der Waals surface area contributed by atoms with Gasteiger partial charge in [-0.2, -0.15) is 0 Å². The van der Waals surface area contributed by atoms with Crippen LogP contribution in [-0.4, -0.2) is 15.9 Å². The van der Waals surface area contributed by atoms with Gasteiger partial charge in [-0.1, -0.05) is 29.3 Å². The van der Waals surface area contributed by atoms with Crippen LogP contribution in [0.2, 0.25) is 10.0 Å². The number of nitrogens with zero attached hydrogens (tertiary/aromatic N) is 1. The Morgan fingerprint density at radius 3 is 2.65 bits per heavy atom. The van der Waals surface area contributed by atoms with E-state index in [9.17, 15) is 4.79 Å². The molecule has 0 spiro atoms. The molecule has 1 amide bonds. The molecule has 0 bridgehead atoms. The van der Waals surface area contributed by atoms with E-state index >= 15 is 0 Å². The number of H-pyrrole nitrogens is 1. The van der Waals surface area contributed by atoms with E-state index in [1.54, 1.807) is 30.7 Å². The summed E-state index contributed by atoms with van der Waals surface area (Å²) in [6, 6.07) is 4.94. The number of carbonyl (C=O) groups is 1. The Kier molecular flexibility index (Phi) is 3.66. The summed E-state index contributed by atoms with van der Waals surface area (Å²) in [7, 11) is 0. The van der Waals surface area contributed by atoms with E-state index in [1.165, 1.54) is 0 Å². The molecular weight excluding hydrogens is 261 g/mol. The van der Waals surface area contributed by atoms with Crippen LogP contribution in [0.25, 0.3) is 0 Å². The van der Waals surface area contributed by atoms with Gasteiger partial charge in [0.25, 0.3) is 5.91 Å². The number of hydrogen-bond acceptors (Lipinski definition) is 2. The average Bonchev–Trinajstić information content (AvgIpc) is 2.79. The number of aromatic nitrogens is 2. The number of carbonyl (C=O) groups excluding carboxylic acids is 1. The zero-order chi connectivity index (χ0) is 12.3. The maximum atomic E-state index is 11.9. The Morgan fingerprint density at radius 2 is 2.06 bits per heavy atom. The summed E-state index contributed by atoms with van der Waals surface area (Å²) in [6.45, 7) is 0.348. The van der Waals surface area contributed by atoms with E-state index in [1.807, 2.05) is 0 Å².